The van der Waals surface area contributed by atoms with Crippen LogP contribution >= 0.6 is 11.8 Å². The second-order valence-electron chi connectivity index (χ2n) is 4.62. The molecule has 1 fully saturated rings. The number of thioether (sulfide) groups is 1. The Morgan fingerprint density at radius 2 is 2.28 bits per heavy atom. The SMILES string of the molecule is Cc1nnc(SCC(=O)N2CCCC[C@H]2C)n1N. The van der Waals surface area contributed by atoms with Gasteiger partial charge >= 0.3 is 0 Å². The molecule has 0 aromatic carbocycles. The molecule has 0 radical (unpaired) electrons. The number of aromatic nitrogens is 3. The number of nitrogens with zero attached hydrogens (tertiary/aromatic N) is 4. The van der Waals surface area contributed by atoms with E-state index < -0.39 is 0 Å². The van der Waals surface area contributed by atoms with Crippen molar-refractivity contribution in [2.45, 2.75) is 44.3 Å². The molecule has 1 atom stereocenters. The first kappa shape index (κ1) is 13.2. The summed E-state index contributed by atoms with van der Waals surface area (Å²) >= 11 is 1.34. The zero-order chi connectivity index (χ0) is 13.1. The van der Waals surface area contributed by atoms with E-state index in [1.165, 1.54) is 22.9 Å². The van der Waals surface area contributed by atoms with Crippen LogP contribution in [0, 0.1) is 6.92 Å². The van der Waals surface area contributed by atoms with Crippen LogP contribution in [0.4, 0.5) is 0 Å². The molecule has 1 amide bonds. The van der Waals surface area contributed by atoms with E-state index in [0.29, 0.717) is 22.8 Å². The average Bonchev–Trinajstić information content (AvgIpc) is 2.68. The van der Waals surface area contributed by atoms with Crippen molar-refractivity contribution in [3.8, 4) is 0 Å². The maximum atomic E-state index is 12.1. The zero-order valence-electron chi connectivity index (χ0n) is 10.8. The van der Waals surface area contributed by atoms with E-state index >= 15 is 0 Å². The molecule has 7 heteroatoms. The van der Waals surface area contributed by atoms with Gasteiger partial charge in [0.25, 0.3) is 0 Å². The average molecular weight is 269 g/mol. The number of aryl methyl sites for hydroxylation is 1. The quantitative estimate of drug-likeness (QED) is 0.648. The molecular weight excluding hydrogens is 250 g/mol. The molecule has 100 valence electrons. The molecule has 0 aliphatic carbocycles. The molecule has 2 rings (SSSR count). The smallest absolute Gasteiger partial charge is 0.233 e. The Labute approximate surface area is 111 Å². The molecule has 0 unspecified atom stereocenters. The van der Waals surface area contributed by atoms with E-state index in [1.54, 1.807) is 6.92 Å². The Morgan fingerprint density at radius 3 is 2.89 bits per heavy atom. The summed E-state index contributed by atoms with van der Waals surface area (Å²) in [7, 11) is 0. The Balaban J connectivity index is 1.90. The minimum Gasteiger partial charge on any atom is -0.339 e. The third-order valence-electron chi connectivity index (χ3n) is 3.28. The van der Waals surface area contributed by atoms with Crippen molar-refractivity contribution < 1.29 is 4.79 Å². The molecule has 1 aliphatic rings. The van der Waals surface area contributed by atoms with E-state index in [9.17, 15) is 4.79 Å². The van der Waals surface area contributed by atoms with Gasteiger partial charge in [-0.25, -0.2) is 4.68 Å². The highest BCUT2D eigenvalue weighted by atomic mass is 32.2. The summed E-state index contributed by atoms with van der Waals surface area (Å²) in [6, 6.07) is 0.351. The summed E-state index contributed by atoms with van der Waals surface area (Å²) in [4.78, 5) is 14.1. The summed E-state index contributed by atoms with van der Waals surface area (Å²) in [5, 5.41) is 8.38. The number of amides is 1. The summed E-state index contributed by atoms with van der Waals surface area (Å²) in [6.45, 7) is 4.76. The maximum Gasteiger partial charge on any atom is 0.233 e. The number of hydrogen-bond donors (Lipinski definition) is 1. The summed E-state index contributed by atoms with van der Waals surface area (Å²) in [6.07, 6.45) is 3.42. The molecule has 1 saturated heterocycles. The lowest BCUT2D eigenvalue weighted by Gasteiger charge is -2.33. The van der Waals surface area contributed by atoms with Gasteiger partial charge in [-0.15, -0.1) is 10.2 Å². The van der Waals surface area contributed by atoms with Crippen LogP contribution in [0.3, 0.4) is 0 Å². The van der Waals surface area contributed by atoms with Gasteiger partial charge in [0.1, 0.15) is 5.82 Å². The van der Waals surface area contributed by atoms with Crippen molar-refractivity contribution in [1.29, 1.82) is 0 Å². The van der Waals surface area contributed by atoms with Gasteiger partial charge in [0.2, 0.25) is 11.1 Å². The Bertz CT molecular complexity index is 433. The van der Waals surface area contributed by atoms with Gasteiger partial charge in [-0.05, 0) is 33.1 Å². The first-order valence-electron chi connectivity index (χ1n) is 6.19. The van der Waals surface area contributed by atoms with Crippen molar-refractivity contribution >= 4 is 17.7 Å². The molecule has 0 spiro atoms. The van der Waals surface area contributed by atoms with E-state index in [4.69, 9.17) is 5.84 Å². The fraction of sp³-hybridized carbons (Fsp3) is 0.727. The molecule has 2 heterocycles. The van der Waals surface area contributed by atoms with E-state index in [2.05, 4.69) is 17.1 Å². The largest absolute Gasteiger partial charge is 0.339 e. The summed E-state index contributed by atoms with van der Waals surface area (Å²) in [5.41, 5.74) is 0. The van der Waals surface area contributed by atoms with Gasteiger partial charge < -0.3 is 10.7 Å². The monoisotopic (exact) mass is 269 g/mol. The molecule has 18 heavy (non-hydrogen) atoms. The minimum absolute atomic E-state index is 0.160. The van der Waals surface area contributed by atoms with Crippen molar-refractivity contribution in [3.05, 3.63) is 5.82 Å². The Kier molecular flexibility index (Phi) is 4.11. The number of hydrogen-bond acceptors (Lipinski definition) is 5. The van der Waals surface area contributed by atoms with Gasteiger partial charge in [0, 0.05) is 12.6 Å². The van der Waals surface area contributed by atoms with E-state index in [0.717, 1.165) is 19.4 Å². The molecule has 1 aromatic rings. The fourth-order valence-corrected chi connectivity index (χ4v) is 2.91. The van der Waals surface area contributed by atoms with Gasteiger partial charge in [-0.3, -0.25) is 4.79 Å². The van der Waals surface area contributed by atoms with E-state index in [-0.39, 0.29) is 5.91 Å². The highest BCUT2D eigenvalue weighted by Crippen LogP contribution is 2.20. The van der Waals surface area contributed by atoms with Crippen LogP contribution in [-0.2, 0) is 4.79 Å². The first-order chi connectivity index (χ1) is 8.59. The number of nitrogen functional groups attached to an aromatic ring is 1. The fourth-order valence-electron chi connectivity index (χ4n) is 2.13. The molecule has 0 saturated carbocycles. The molecule has 1 aromatic heterocycles. The number of carbonyl (C=O) groups is 1. The standard InChI is InChI=1S/C11H19N5OS/c1-8-5-3-4-6-15(8)10(17)7-18-11-14-13-9(2)16(11)12/h8H,3-7,12H2,1-2H3/t8-/m1/s1. The van der Waals surface area contributed by atoms with Crippen LogP contribution in [0.25, 0.3) is 0 Å². The molecular formula is C11H19N5OS. The number of carbonyl (C=O) groups excluding carboxylic acids is 1. The summed E-state index contributed by atoms with van der Waals surface area (Å²) in [5.74, 6) is 6.92. The minimum atomic E-state index is 0.160. The summed E-state index contributed by atoms with van der Waals surface area (Å²) < 4.78 is 1.41. The highest BCUT2D eigenvalue weighted by Gasteiger charge is 2.23. The molecule has 2 N–H and O–H groups in total. The van der Waals surface area contributed by atoms with Crippen LogP contribution in [0.1, 0.15) is 32.0 Å². The number of piperidine rings is 1. The third-order valence-corrected chi connectivity index (χ3v) is 4.21. The van der Waals surface area contributed by atoms with Crippen LogP contribution in [0.5, 0.6) is 0 Å². The lowest BCUT2D eigenvalue weighted by atomic mass is 10.0. The van der Waals surface area contributed by atoms with E-state index in [1.807, 2.05) is 4.90 Å². The second kappa shape index (κ2) is 5.60. The molecule has 0 bridgehead atoms. The maximum absolute atomic E-state index is 12.1. The van der Waals surface area contributed by atoms with Gasteiger partial charge in [0.15, 0.2) is 0 Å². The van der Waals surface area contributed by atoms with Gasteiger partial charge in [-0.1, -0.05) is 11.8 Å². The van der Waals surface area contributed by atoms with Gasteiger partial charge in [-0.2, -0.15) is 0 Å². The number of likely N-dealkylation sites (tertiary alicyclic amines) is 1. The van der Waals surface area contributed by atoms with Crippen molar-refractivity contribution in [3.63, 3.8) is 0 Å². The predicted octanol–water partition coefficient (Wildman–Crippen LogP) is 0.793. The lowest BCUT2D eigenvalue weighted by molar-refractivity contribution is -0.131. The topological polar surface area (TPSA) is 77.0 Å². The molecule has 1 aliphatic heterocycles. The predicted molar refractivity (Wildman–Crippen MR) is 70.7 cm³/mol. The van der Waals surface area contributed by atoms with Crippen LogP contribution < -0.4 is 5.84 Å². The number of nitrogens with two attached hydrogens (primary N) is 1. The zero-order valence-corrected chi connectivity index (χ0v) is 11.6. The van der Waals surface area contributed by atoms with Crippen LogP contribution in [0.15, 0.2) is 5.16 Å². The second-order valence-corrected chi connectivity index (χ2v) is 5.56. The van der Waals surface area contributed by atoms with Crippen molar-refractivity contribution in [1.82, 2.24) is 19.8 Å². The Hall–Kier alpha value is -1.24. The lowest BCUT2D eigenvalue weighted by Crippen LogP contribution is -2.43. The van der Waals surface area contributed by atoms with Crippen LogP contribution in [0.2, 0.25) is 0 Å². The Morgan fingerprint density at radius 1 is 1.50 bits per heavy atom. The normalized spacial score (nSPS) is 20.1. The first-order valence-corrected chi connectivity index (χ1v) is 7.17. The third kappa shape index (κ3) is 2.77. The van der Waals surface area contributed by atoms with Gasteiger partial charge in [0.05, 0.1) is 5.75 Å². The van der Waals surface area contributed by atoms with Crippen molar-refractivity contribution in [2.75, 3.05) is 18.1 Å². The molecule has 6 nitrogen and oxygen atoms in total. The van der Waals surface area contributed by atoms with Crippen molar-refractivity contribution in [2.24, 2.45) is 0 Å². The highest BCUT2D eigenvalue weighted by molar-refractivity contribution is 7.99. The van der Waals surface area contributed by atoms with Crippen LogP contribution in [-0.4, -0.2) is 44.0 Å². The number of rotatable bonds is 3.